The molecule has 0 unspecified atom stereocenters. The van der Waals surface area contributed by atoms with Crippen LogP contribution in [0.3, 0.4) is 0 Å². The van der Waals surface area contributed by atoms with Gasteiger partial charge in [0.05, 0.1) is 16.2 Å². The van der Waals surface area contributed by atoms with E-state index in [0.717, 1.165) is 19.5 Å². The number of thiophene rings is 1. The summed E-state index contributed by atoms with van der Waals surface area (Å²) in [6.07, 6.45) is 3.44. The van der Waals surface area contributed by atoms with Crippen molar-refractivity contribution < 1.29 is 0 Å². The lowest BCUT2D eigenvalue weighted by Crippen LogP contribution is -2.27. The summed E-state index contributed by atoms with van der Waals surface area (Å²) in [6.45, 7) is 4.27. The average Bonchev–Trinajstić information content (AvgIpc) is 3.11. The second-order valence-corrected chi connectivity index (χ2v) is 8.35. The second kappa shape index (κ2) is 5.08. The van der Waals surface area contributed by atoms with Crippen LogP contribution in [0.25, 0.3) is 0 Å². The van der Waals surface area contributed by atoms with Gasteiger partial charge in [-0.05, 0) is 48.3 Å². The third kappa shape index (κ3) is 2.23. The van der Waals surface area contributed by atoms with Crippen LogP contribution in [0.2, 0.25) is 0 Å². The highest BCUT2D eigenvalue weighted by Gasteiger charge is 2.49. The van der Waals surface area contributed by atoms with Gasteiger partial charge in [0.2, 0.25) is 0 Å². The minimum atomic E-state index is 0.0414. The highest BCUT2D eigenvalue weighted by molar-refractivity contribution is 9.10. The summed E-state index contributed by atoms with van der Waals surface area (Å²) in [5, 5.41) is 7.21. The maximum Gasteiger partial charge on any atom is 0.134 e. The molecule has 0 spiro atoms. The zero-order valence-corrected chi connectivity index (χ0v) is 15.6. The minimum Gasteiger partial charge on any atom is -0.364 e. The standard InChI is InChI=1S/C16H21BrN4S/c1-10-11(17)9-22-14(10)19-16(5-6-16)15-18-12-8-20(2)7-4-13(12)21(15)3/h9,19H,4-8H2,1-3H3. The van der Waals surface area contributed by atoms with Crippen LogP contribution >= 0.6 is 27.3 Å². The monoisotopic (exact) mass is 380 g/mol. The van der Waals surface area contributed by atoms with Gasteiger partial charge in [0.15, 0.2) is 0 Å². The van der Waals surface area contributed by atoms with Crippen molar-refractivity contribution in [2.75, 3.05) is 18.9 Å². The van der Waals surface area contributed by atoms with E-state index in [9.17, 15) is 0 Å². The molecule has 1 aliphatic carbocycles. The summed E-state index contributed by atoms with van der Waals surface area (Å²) >= 11 is 5.39. The maximum absolute atomic E-state index is 5.02. The van der Waals surface area contributed by atoms with Crippen LogP contribution in [0.1, 0.15) is 35.6 Å². The number of hydrogen-bond acceptors (Lipinski definition) is 4. The largest absolute Gasteiger partial charge is 0.364 e. The predicted molar refractivity (Wildman–Crippen MR) is 94.5 cm³/mol. The fraction of sp³-hybridized carbons (Fsp3) is 0.562. The van der Waals surface area contributed by atoms with Gasteiger partial charge >= 0.3 is 0 Å². The lowest BCUT2D eigenvalue weighted by atomic mass is 10.1. The van der Waals surface area contributed by atoms with E-state index in [2.05, 4.69) is 57.1 Å². The van der Waals surface area contributed by atoms with E-state index >= 15 is 0 Å². The Bertz CT molecular complexity index is 729. The Balaban J connectivity index is 1.68. The molecule has 0 amide bonds. The van der Waals surface area contributed by atoms with Gasteiger partial charge in [-0.25, -0.2) is 4.98 Å². The van der Waals surface area contributed by atoms with Crippen LogP contribution in [-0.4, -0.2) is 28.0 Å². The van der Waals surface area contributed by atoms with Crippen LogP contribution in [0.4, 0.5) is 5.00 Å². The molecule has 0 bridgehead atoms. The minimum absolute atomic E-state index is 0.0414. The molecule has 1 fully saturated rings. The van der Waals surface area contributed by atoms with Crippen LogP contribution in [0.15, 0.2) is 9.85 Å². The molecule has 0 aromatic carbocycles. The van der Waals surface area contributed by atoms with Gasteiger partial charge in [0, 0.05) is 42.1 Å². The maximum atomic E-state index is 5.02. The van der Waals surface area contributed by atoms with Crippen molar-refractivity contribution in [3.05, 3.63) is 32.6 Å². The van der Waals surface area contributed by atoms with Crippen molar-refractivity contribution in [3.63, 3.8) is 0 Å². The van der Waals surface area contributed by atoms with Crippen molar-refractivity contribution in [2.45, 2.75) is 38.3 Å². The Labute approximate surface area is 143 Å². The Morgan fingerprint density at radius 3 is 2.77 bits per heavy atom. The number of nitrogens with one attached hydrogen (secondary N) is 1. The zero-order chi connectivity index (χ0) is 15.5. The first kappa shape index (κ1) is 14.7. The van der Waals surface area contributed by atoms with E-state index < -0.39 is 0 Å². The molecular weight excluding hydrogens is 360 g/mol. The summed E-state index contributed by atoms with van der Waals surface area (Å²) < 4.78 is 3.54. The molecule has 1 N–H and O–H groups in total. The molecule has 1 aliphatic heterocycles. The molecular formula is C16H21BrN4S. The molecule has 0 radical (unpaired) electrons. The van der Waals surface area contributed by atoms with Crippen LogP contribution in [-0.2, 0) is 25.6 Å². The molecule has 1 saturated carbocycles. The van der Waals surface area contributed by atoms with Crippen molar-refractivity contribution >= 4 is 32.3 Å². The molecule has 118 valence electrons. The molecule has 2 aromatic rings. The summed E-state index contributed by atoms with van der Waals surface area (Å²) in [5.41, 5.74) is 4.03. The molecule has 6 heteroatoms. The lowest BCUT2D eigenvalue weighted by molar-refractivity contribution is 0.305. The number of imidazole rings is 1. The Hall–Kier alpha value is -0.850. The number of anilines is 1. The quantitative estimate of drug-likeness (QED) is 0.881. The highest BCUT2D eigenvalue weighted by atomic mass is 79.9. The molecule has 0 saturated heterocycles. The van der Waals surface area contributed by atoms with Crippen molar-refractivity contribution in [1.29, 1.82) is 0 Å². The Morgan fingerprint density at radius 1 is 1.36 bits per heavy atom. The number of likely N-dealkylation sites (N-methyl/N-ethyl adjacent to an activating group) is 1. The number of aromatic nitrogens is 2. The van der Waals surface area contributed by atoms with Crippen molar-refractivity contribution in [3.8, 4) is 0 Å². The van der Waals surface area contributed by atoms with E-state index in [4.69, 9.17) is 4.98 Å². The van der Waals surface area contributed by atoms with Gasteiger partial charge in [-0.2, -0.15) is 0 Å². The van der Waals surface area contributed by atoms with E-state index in [1.807, 2.05) is 0 Å². The number of rotatable bonds is 3. The molecule has 4 rings (SSSR count). The summed E-state index contributed by atoms with van der Waals surface area (Å²) in [7, 11) is 4.36. The Morgan fingerprint density at radius 2 is 2.14 bits per heavy atom. The second-order valence-electron chi connectivity index (χ2n) is 6.62. The fourth-order valence-corrected chi connectivity index (χ4v) is 4.90. The first-order chi connectivity index (χ1) is 10.5. The number of nitrogens with zero attached hydrogens (tertiary/aromatic N) is 3. The van der Waals surface area contributed by atoms with E-state index in [1.54, 1.807) is 11.3 Å². The van der Waals surface area contributed by atoms with Crippen molar-refractivity contribution in [2.24, 2.45) is 7.05 Å². The first-order valence-electron chi connectivity index (χ1n) is 7.75. The number of hydrogen-bond donors (Lipinski definition) is 1. The topological polar surface area (TPSA) is 33.1 Å². The normalized spacial score (nSPS) is 20.0. The molecule has 4 nitrogen and oxygen atoms in total. The molecule has 2 aromatic heterocycles. The average molecular weight is 381 g/mol. The summed E-state index contributed by atoms with van der Waals surface area (Å²) in [5.74, 6) is 1.22. The van der Waals surface area contributed by atoms with Gasteiger partial charge in [-0.15, -0.1) is 11.3 Å². The first-order valence-corrected chi connectivity index (χ1v) is 9.43. The molecule has 22 heavy (non-hydrogen) atoms. The predicted octanol–water partition coefficient (Wildman–Crippen LogP) is 3.64. The Kier molecular flexibility index (Phi) is 3.40. The van der Waals surface area contributed by atoms with Gasteiger partial charge in [-0.3, -0.25) is 0 Å². The number of fused-ring (bicyclic) bond motifs is 1. The SMILES string of the molecule is Cc1c(Br)csc1NC1(c2nc3c(n2C)CCN(C)C3)CC1. The van der Waals surface area contributed by atoms with Gasteiger partial charge in [0.1, 0.15) is 5.82 Å². The van der Waals surface area contributed by atoms with Crippen LogP contribution < -0.4 is 5.32 Å². The van der Waals surface area contributed by atoms with Gasteiger partial charge < -0.3 is 14.8 Å². The molecule has 3 heterocycles. The van der Waals surface area contributed by atoms with Gasteiger partial charge in [-0.1, -0.05) is 0 Å². The third-order valence-corrected chi connectivity index (χ3v) is 7.08. The third-order valence-electron chi connectivity index (χ3n) is 4.96. The van der Waals surface area contributed by atoms with E-state index in [-0.39, 0.29) is 5.54 Å². The fourth-order valence-electron chi connectivity index (χ4n) is 3.35. The van der Waals surface area contributed by atoms with Gasteiger partial charge in [0.25, 0.3) is 0 Å². The molecule has 2 aliphatic rings. The van der Waals surface area contributed by atoms with E-state index in [1.165, 1.54) is 45.1 Å². The van der Waals surface area contributed by atoms with Crippen LogP contribution in [0, 0.1) is 6.92 Å². The van der Waals surface area contributed by atoms with E-state index in [0.29, 0.717) is 0 Å². The highest BCUT2D eigenvalue weighted by Crippen LogP contribution is 2.50. The summed E-state index contributed by atoms with van der Waals surface area (Å²) in [6, 6.07) is 0. The smallest absolute Gasteiger partial charge is 0.134 e. The lowest BCUT2D eigenvalue weighted by Gasteiger charge is -2.22. The van der Waals surface area contributed by atoms with Crippen molar-refractivity contribution in [1.82, 2.24) is 14.5 Å². The zero-order valence-electron chi connectivity index (χ0n) is 13.2. The number of halogens is 1. The molecule has 0 atom stereocenters. The summed E-state index contributed by atoms with van der Waals surface area (Å²) in [4.78, 5) is 7.37. The van der Waals surface area contributed by atoms with Crippen LogP contribution in [0.5, 0.6) is 0 Å².